The normalized spacial score (nSPS) is 10.7. The van der Waals surface area contributed by atoms with Crippen molar-refractivity contribution >= 4 is 27.5 Å². The molecule has 2 heterocycles. The van der Waals surface area contributed by atoms with Gasteiger partial charge in [-0.1, -0.05) is 60.7 Å². The molecule has 0 aliphatic rings. The molecule has 4 aromatic rings. The summed E-state index contributed by atoms with van der Waals surface area (Å²) in [5.41, 5.74) is 2.16. The molecule has 4 rings (SSSR count). The number of thiophene rings is 1. The lowest BCUT2D eigenvalue weighted by molar-refractivity contribution is -0.134. The highest BCUT2D eigenvalue weighted by atomic mass is 32.1. The molecule has 0 atom stereocenters. The van der Waals surface area contributed by atoms with Crippen molar-refractivity contribution < 1.29 is 9.53 Å². The van der Waals surface area contributed by atoms with Gasteiger partial charge in [-0.05, 0) is 22.6 Å². The number of hydrogen-bond donors (Lipinski definition) is 0. The molecular formula is C22H19N3O2S. The molecule has 0 saturated carbocycles. The van der Waals surface area contributed by atoms with Crippen LogP contribution < -0.4 is 4.74 Å². The van der Waals surface area contributed by atoms with Gasteiger partial charge in [0, 0.05) is 13.1 Å². The van der Waals surface area contributed by atoms with Crippen LogP contribution >= 0.6 is 11.3 Å². The van der Waals surface area contributed by atoms with Crippen LogP contribution in [0.5, 0.6) is 5.88 Å². The minimum Gasteiger partial charge on any atom is -0.467 e. The first-order chi connectivity index (χ1) is 13.8. The van der Waals surface area contributed by atoms with Crippen LogP contribution in [0.1, 0.15) is 11.1 Å². The molecule has 140 valence electrons. The first-order valence-corrected chi connectivity index (χ1v) is 9.84. The smallest absolute Gasteiger partial charge is 0.261 e. The van der Waals surface area contributed by atoms with Crippen LogP contribution in [0.4, 0.5) is 0 Å². The van der Waals surface area contributed by atoms with Crippen LogP contribution in [-0.4, -0.2) is 27.4 Å². The third-order valence-corrected chi connectivity index (χ3v) is 5.16. The Balaban J connectivity index is 1.49. The highest BCUT2D eigenvalue weighted by Crippen LogP contribution is 2.25. The molecular weight excluding hydrogens is 370 g/mol. The van der Waals surface area contributed by atoms with Crippen molar-refractivity contribution in [2.45, 2.75) is 13.1 Å². The van der Waals surface area contributed by atoms with E-state index in [0.29, 0.717) is 19.0 Å². The maximum Gasteiger partial charge on any atom is 0.261 e. The summed E-state index contributed by atoms with van der Waals surface area (Å²) in [4.78, 5) is 24.0. The lowest BCUT2D eigenvalue weighted by Gasteiger charge is -2.23. The van der Waals surface area contributed by atoms with E-state index < -0.39 is 0 Å². The van der Waals surface area contributed by atoms with Crippen molar-refractivity contribution in [2.75, 3.05) is 6.61 Å². The lowest BCUT2D eigenvalue weighted by atomic mass is 10.1. The van der Waals surface area contributed by atoms with E-state index in [9.17, 15) is 4.79 Å². The van der Waals surface area contributed by atoms with Crippen molar-refractivity contribution in [1.29, 1.82) is 0 Å². The van der Waals surface area contributed by atoms with Gasteiger partial charge >= 0.3 is 0 Å². The Morgan fingerprint density at radius 3 is 2.18 bits per heavy atom. The summed E-state index contributed by atoms with van der Waals surface area (Å²) < 4.78 is 5.76. The number of amides is 1. The Bertz CT molecular complexity index is 1010. The van der Waals surface area contributed by atoms with Crippen LogP contribution in [0, 0.1) is 0 Å². The fraction of sp³-hybridized carbons (Fsp3) is 0.136. The molecule has 0 aliphatic carbocycles. The zero-order valence-electron chi connectivity index (χ0n) is 15.2. The van der Waals surface area contributed by atoms with Gasteiger partial charge in [0.1, 0.15) is 11.2 Å². The van der Waals surface area contributed by atoms with Gasteiger partial charge in [0.05, 0.1) is 5.39 Å². The average Bonchev–Trinajstić information content (AvgIpc) is 3.22. The molecule has 0 saturated heterocycles. The summed E-state index contributed by atoms with van der Waals surface area (Å²) in [6, 6.07) is 21.8. The van der Waals surface area contributed by atoms with E-state index >= 15 is 0 Å². The Morgan fingerprint density at radius 2 is 1.54 bits per heavy atom. The molecule has 2 aromatic carbocycles. The molecule has 0 unspecified atom stereocenters. The molecule has 0 N–H and O–H groups in total. The topological polar surface area (TPSA) is 55.3 Å². The lowest BCUT2D eigenvalue weighted by Crippen LogP contribution is -2.34. The predicted octanol–water partition coefficient (Wildman–Crippen LogP) is 4.30. The van der Waals surface area contributed by atoms with Crippen LogP contribution in [-0.2, 0) is 17.9 Å². The highest BCUT2D eigenvalue weighted by Gasteiger charge is 2.17. The van der Waals surface area contributed by atoms with Gasteiger partial charge in [0.2, 0.25) is 5.88 Å². The largest absolute Gasteiger partial charge is 0.467 e. The summed E-state index contributed by atoms with van der Waals surface area (Å²) in [6.07, 6.45) is 1.46. The SMILES string of the molecule is O=C(COc1ncnc2sccc12)N(Cc1ccccc1)Cc1ccccc1. The van der Waals surface area contributed by atoms with E-state index in [2.05, 4.69) is 9.97 Å². The summed E-state index contributed by atoms with van der Waals surface area (Å²) in [7, 11) is 0. The van der Waals surface area contributed by atoms with Gasteiger partial charge in [-0.25, -0.2) is 9.97 Å². The van der Waals surface area contributed by atoms with Crippen molar-refractivity contribution in [3.63, 3.8) is 0 Å². The quantitative estimate of drug-likeness (QED) is 0.473. The molecule has 2 aromatic heterocycles. The third-order valence-electron chi connectivity index (χ3n) is 4.34. The number of carbonyl (C=O) groups is 1. The first kappa shape index (κ1) is 18.1. The minimum atomic E-state index is -0.0882. The number of fused-ring (bicyclic) bond motifs is 1. The second-order valence-electron chi connectivity index (χ2n) is 6.33. The fourth-order valence-corrected chi connectivity index (χ4v) is 3.67. The average molecular weight is 389 g/mol. The van der Waals surface area contributed by atoms with Gasteiger partial charge in [-0.15, -0.1) is 11.3 Å². The Labute approximate surface area is 167 Å². The summed E-state index contributed by atoms with van der Waals surface area (Å²) in [6.45, 7) is 0.979. The summed E-state index contributed by atoms with van der Waals surface area (Å²) >= 11 is 1.52. The molecule has 28 heavy (non-hydrogen) atoms. The van der Waals surface area contributed by atoms with Gasteiger partial charge in [0.25, 0.3) is 5.91 Å². The van der Waals surface area contributed by atoms with E-state index in [4.69, 9.17) is 4.74 Å². The maximum atomic E-state index is 13.0. The van der Waals surface area contributed by atoms with E-state index in [1.54, 1.807) is 4.90 Å². The van der Waals surface area contributed by atoms with Crippen LogP contribution in [0.15, 0.2) is 78.4 Å². The Morgan fingerprint density at radius 1 is 0.893 bits per heavy atom. The number of benzene rings is 2. The predicted molar refractivity (Wildman–Crippen MR) is 110 cm³/mol. The number of aromatic nitrogens is 2. The Hall–Kier alpha value is -3.25. The minimum absolute atomic E-state index is 0.0678. The van der Waals surface area contributed by atoms with Gasteiger partial charge in [-0.3, -0.25) is 4.79 Å². The van der Waals surface area contributed by atoms with Crippen molar-refractivity contribution in [3.05, 3.63) is 89.6 Å². The molecule has 1 amide bonds. The second-order valence-corrected chi connectivity index (χ2v) is 7.22. The summed E-state index contributed by atoms with van der Waals surface area (Å²) in [5.74, 6) is 0.355. The van der Waals surface area contributed by atoms with Crippen LogP contribution in [0.3, 0.4) is 0 Å². The molecule has 0 bridgehead atoms. The molecule has 0 spiro atoms. The van der Waals surface area contributed by atoms with Gasteiger partial charge in [0.15, 0.2) is 6.61 Å². The standard InChI is InChI=1S/C22H19N3O2S/c26-20(15-27-21-19-11-12-28-22(19)24-16-23-21)25(13-17-7-3-1-4-8-17)14-18-9-5-2-6-10-18/h1-12,16H,13-15H2. The second kappa shape index (κ2) is 8.63. The zero-order valence-corrected chi connectivity index (χ0v) is 16.0. The molecule has 0 radical (unpaired) electrons. The van der Waals surface area contributed by atoms with Crippen LogP contribution in [0.2, 0.25) is 0 Å². The van der Waals surface area contributed by atoms with E-state index in [-0.39, 0.29) is 12.5 Å². The Kier molecular flexibility index (Phi) is 5.58. The fourth-order valence-electron chi connectivity index (χ4n) is 2.94. The van der Waals surface area contributed by atoms with E-state index in [1.807, 2.05) is 72.1 Å². The van der Waals surface area contributed by atoms with Crippen molar-refractivity contribution in [3.8, 4) is 5.88 Å². The molecule has 5 nitrogen and oxygen atoms in total. The van der Waals surface area contributed by atoms with Gasteiger partial charge < -0.3 is 9.64 Å². The number of rotatable bonds is 7. The summed E-state index contributed by atoms with van der Waals surface area (Å²) in [5, 5.41) is 2.77. The molecule has 0 fully saturated rings. The number of nitrogens with zero attached hydrogens (tertiary/aromatic N) is 3. The zero-order chi connectivity index (χ0) is 19.2. The molecule has 6 heteroatoms. The molecule has 0 aliphatic heterocycles. The van der Waals surface area contributed by atoms with Crippen molar-refractivity contribution in [2.24, 2.45) is 0 Å². The monoisotopic (exact) mass is 389 g/mol. The maximum absolute atomic E-state index is 13.0. The van der Waals surface area contributed by atoms with E-state index in [1.165, 1.54) is 17.7 Å². The number of carbonyl (C=O) groups excluding carboxylic acids is 1. The first-order valence-electron chi connectivity index (χ1n) is 8.96. The van der Waals surface area contributed by atoms with Gasteiger partial charge in [-0.2, -0.15) is 0 Å². The number of hydrogen-bond acceptors (Lipinski definition) is 5. The van der Waals surface area contributed by atoms with Crippen LogP contribution in [0.25, 0.3) is 10.2 Å². The number of ether oxygens (including phenoxy) is 1. The van der Waals surface area contributed by atoms with E-state index in [0.717, 1.165) is 21.3 Å². The highest BCUT2D eigenvalue weighted by molar-refractivity contribution is 7.16. The van der Waals surface area contributed by atoms with Crippen molar-refractivity contribution in [1.82, 2.24) is 14.9 Å². The third kappa shape index (κ3) is 4.35.